The van der Waals surface area contributed by atoms with Crippen LogP contribution in [0.1, 0.15) is 37.4 Å². The number of hydrogen-bond donors (Lipinski definition) is 1. The maximum absolute atomic E-state index is 14.6. The van der Waals surface area contributed by atoms with E-state index >= 15 is 0 Å². The van der Waals surface area contributed by atoms with E-state index in [2.05, 4.69) is 16.4 Å². The zero-order valence-electron chi connectivity index (χ0n) is 21.5. The van der Waals surface area contributed by atoms with Crippen LogP contribution in [0.25, 0.3) is 6.08 Å². The number of nitrogens with one attached hydrogen (secondary N) is 1. The molecule has 0 bridgehead atoms. The molecule has 4 heterocycles. The van der Waals surface area contributed by atoms with E-state index in [0.717, 1.165) is 16.8 Å². The highest BCUT2D eigenvalue weighted by molar-refractivity contribution is 6.30. The highest BCUT2D eigenvalue weighted by Gasteiger charge is 2.70. The predicted octanol–water partition coefficient (Wildman–Crippen LogP) is 5.90. The molecule has 1 fully saturated rings. The molecule has 3 aliphatic heterocycles. The van der Waals surface area contributed by atoms with Gasteiger partial charge in [-0.2, -0.15) is 0 Å². The molecule has 0 saturated carbocycles. The number of nitrogens with zero attached hydrogens (tertiary/aromatic N) is 2. The van der Waals surface area contributed by atoms with E-state index in [0.29, 0.717) is 27.4 Å². The number of fused-ring (bicyclic) bond motifs is 6. The van der Waals surface area contributed by atoms with Gasteiger partial charge in [0.1, 0.15) is 11.5 Å². The predicted molar refractivity (Wildman–Crippen MR) is 155 cm³/mol. The summed E-state index contributed by atoms with van der Waals surface area (Å²) in [5.74, 6) is -1.88. The number of aryl methyl sites for hydroxylation is 1. The van der Waals surface area contributed by atoms with Crippen molar-refractivity contribution >= 4 is 46.5 Å². The van der Waals surface area contributed by atoms with Crippen LogP contribution in [0.3, 0.4) is 0 Å². The molecule has 4 aromatic rings. The monoisotopic (exact) mass is 545 g/mol. The second-order valence-electron chi connectivity index (χ2n) is 10.5. The molecule has 196 valence electrons. The Morgan fingerprint density at radius 3 is 2.52 bits per heavy atom. The van der Waals surface area contributed by atoms with Gasteiger partial charge >= 0.3 is 0 Å². The fourth-order valence-electron chi connectivity index (χ4n) is 6.77. The van der Waals surface area contributed by atoms with Crippen molar-refractivity contribution in [1.29, 1.82) is 0 Å². The Bertz CT molecular complexity index is 1730. The molecule has 0 aliphatic carbocycles. The second kappa shape index (κ2) is 9.00. The van der Waals surface area contributed by atoms with Crippen molar-refractivity contribution in [3.05, 3.63) is 130 Å². The Morgan fingerprint density at radius 2 is 1.75 bits per heavy atom. The summed E-state index contributed by atoms with van der Waals surface area (Å²) in [6.07, 6.45) is 7.07. The van der Waals surface area contributed by atoms with E-state index in [1.165, 1.54) is 6.20 Å². The molecule has 1 spiro atoms. The minimum Gasteiger partial charge on any atom is -0.352 e. The lowest BCUT2D eigenvalue weighted by molar-refractivity contribution is -0.121. The minimum atomic E-state index is -1.35. The molecule has 7 heteroatoms. The van der Waals surface area contributed by atoms with Gasteiger partial charge in [-0.3, -0.25) is 19.4 Å². The Balaban J connectivity index is 1.54. The van der Waals surface area contributed by atoms with Crippen LogP contribution in [-0.2, 0) is 10.2 Å². The lowest BCUT2D eigenvalue weighted by atomic mass is 9.64. The van der Waals surface area contributed by atoms with E-state index in [1.54, 1.807) is 42.6 Å². The first-order valence-corrected chi connectivity index (χ1v) is 13.5. The van der Waals surface area contributed by atoms with Crippen molar-refractivity contribution in [2.24, 2.45) is 5.92 Å². The SMILES string of the molecule is Cc1ccc2c(c1)C=C[C@@H]1N2[C@H](C(=O)c2ccc(Cl)cc2)[C@H](C(=O)c2cccnc2)[C@]12C(=O)Nc1ccccc12. The third kappa shape index (κ3) is 3.36. The van der Waals surface area contributed by atoms with Crippen LogP contribution in [0.4, 0.5) is 11.4 Å². The number of carbonyl (C=O) groups excluding carboxylic acids is 3. The lowest BCUT2D eigenvalue weighted by Crippen LogP contribution is -2.51. The summed E-state index contributed by atoms with van der Waals surface area (Å²) in [6.45, 7) is 2.01. The number of ketones is 2. The number of carbonyl (C=O) groups is 3. The van der Waals surface area contributed by atoms with Crippen molar-refractivity contribution in [2.45, 2.75) is 24.4 Å². The molecular formula is C33H24ClN3O3. The number of benzene rings is 3. The standard InChI is InChI=1S/C33H24ClN3O3/c1-19-8-14-26-21(17-19)11-15-27-33(24-6-2-3-7-25(24)36-32(33)40)28(30(38)22-5-4-16-35-18-22)29(37(26)27)31(39)20-9-12-23(34)13-10-20/h2-18,27-29H,1H3,(H,36,40)/t27-,28+,29-,33+/m0/s1. The first kappa shape index (κ1) is 24.5. The van der Waals surface area contributed by atoms with Crippen LogP contribution in [0.5, 0.6) is 0 Å². The summed E-state index contributed by atoms with van der Waals surface area (Å²) in [6, 6.07) is 22.0. The number of aromatic nitrogens is 1. The maximum atomic E-state index is 14.6. The van der Waals surface area contributed by atoms with E-state index < -0.39 is 23.4 Å². The largest absolute Gasteiger partial charge is 0.352 e. The molecule has 1 N–H and O–H groups in total. The van der Waals surface area contributed by atoms with Crippen LogP contribution in [-0.4, -0.2) is 34.5 Å². The highest BCUT2D eigenvalue weighted by Crippen LogP contribution is 2.58. The first-order valence-electron chi connectivity index (χ1n) is 13.1. The number of hydrogen-bond acceptors (Lipinski definition) is 5. The summed E-state index contributed by atoms with van der Waals surface area (Å²) in [5.41, 5.74) is 3.60. The molecule has 0 radical (unpaired) electrons. The van der Waals surface area contributed by atoms with E-state index in [4.69, 9.17) is 11.6 Å². The quantitative estimate of drug-likeness (QED) is 0.323. The number of pyridine rings is 1. The lowest BCUT2D eigenvalue weighted by Gasteiger charge is -2.37. The van der Waals surface area contributed by atoms with Gasteiger partial charge in [-0.25, -0.2) is 0 Å². The van der Waals surface area contributed by atoms with Gasteiger partial charge in [-0.15, -0.1) is 0 Å². The topological polar surface area (TPSA) is 79.4 Å². The summed E-state index contributed by atoms with van der Waals surface area (Å²) in [5, 5.41) is 3.55. The van der Waals surface area contributed by atoms with Crippen molar-refractivity contribution in [3.8, 4) is 0 Å². The summed E-state index contributed by atoms with van der Waals surface area (Å²) < 4.78 is 0. The van der Waals surface area contributed by atoms with Gasteiger partial charge in [0.25, 0.3) is 0 Å². The van der Waals surface area contributed by atoms with Crippen LogP contribution < -0.4 is 10.2 Å². The molecule has 3 aromatic carbocycles. The Kier molecular flexibility index (Phi) is 5.51. The van der Waals surface area contributed by atoms with E-state index in [9.17, 15) is 14.4 Å². The summed E-state index contributed by atoms with van der Waals surface area (Å²) in [4.78, 5) is 49.7. The molecule has 1 aromatic heterocycles. The number of para-hydroxylation sites is 1. The van der Waals surface area contributed by atoms with Crippen LogP contribution >= 0.6 is 11.6 Å². The molecule has 6 nitrogen and oxygen atoms in total. The number of rotatable bonds is 4. The number of anilines is 2. The van der Waals surface area contributed by atoms with Crippen LogP contribution in [0.2, 0.25) is 5.02 Å². The van der Waals surface area contributed by atoms with Crippen molar-refractivity contribution in [2.75, 3.05) is 10.2 Å². The molecule has 40 heavy (non-hydrogen) atoms. The first-order chi connectivity index (χ1) is 19.4. The average Bonchev–Trinajstić information content (AvgIpc) is 3.45. The van der Waals surface area contributed by atoms with Gasteiger partial charge in [-0.05, 0) is 72.6 Å². The molecule has 3 aliphatic rings. The van der Waals surface area contributed by atoms with Crippen molar-refractivity contribution in [1.82, 2.24) is 4.98 Å². The molecule has 1 amide bonds. The van der Waals surface area contributed by atoms with Gasteiger partial charge in [0, 0.05) is 39.9 Å². The van der Waals surface area contributed by atoms with Crippen molar-refractivity contribution in [3.63, 3.8) is 0 Å². The Morgan fingerprint density at radius 1 is 0.950 bits per heavy atom. The fourth-order valence-corrected chi connectivity index (χ4v) is 6.90. The normalized spacial score (nSPS) is 23.9. The van der Waals surface area contributed by atoms with Crippen LogP contribution in [0.15, 0.2) is 97.3 Å². The summed E-state index contributed by atoms with van der Waals surface area (Å²) in [7, 11) is 0. The van der Waals surface area contributed by atoms with Gasteiger partial charge in [0.2, 0.25) is 5.91 Å². The molecule has 0 unspecified atom stereocenters. The van der Waals surface area contributed by atoms with Gasteiger partial charge in [0.15, 0.2) is 11.6 Å². The molecule has 7 rings (SSSR count). The van der Waals surface area contributed by atoms with Gasteiger partial charge in [-0.1, -0.05) is 53.6 Å². The number of Topliss-reactive ketones (excluding diaryl/α,β-unsaturated/α-hetero) is 2. The molecule has 4 atom stereocenters. The summed E-state index contributed by atoms with van der Waals surface area (Å²) >= 11 is 6.16. The van der Waals surface area contributed by atoms with E-state index in [-0.39, 0.29) is 17.5 Å². The van der Waals surface area contributed by atoms with Gasteiger partial charge < -0.3 is 10.2 Å². The Labute approximate surface area is 236 Å². The average molecular weight is 546 g/mol. The van der Waals surface area contributed by atoms with E-state index in [1.807, 2.05) is 60.4 Å². The van der Waals surface area contributed by atoms with Crippen LogP contribution in [0, 0.1) is 12.8 Å². The number of amides is 1. The minimum absolute atomic E-state index is 0.250. The third-order valence-corrected chi connectivity index (χ3v) is 8.67. The highest BCUT2D eigenvalue weighted by atomic mass is 35.5. The molecular weight excluding hydrogens is 522 g/mol. The van der Waals surface area contributed by atoms with Crippen molar-refractivity contribution < 1.29 is 14.4 Å². The fraction of sp³-hybridized carbons (Fsp3) is 0.152. The zero-order chi connectivity index (χ0) is 27.6. The van der Waals surface area contributed by atoms with Gasteiger partial charge in [0.05, 0.1) is 12.0 Å². The Hall–Kier alpha value is -4.55. The molecule has 1 saturated heterocycles. The maximum Gasteiger partial charge on any atom is 0.238 e. The second-order valence-corrected chi connectivity index (χ2v) is 11.0. The number of halogens is 1. The zero-order valence-corrected chi connectivity index (χ0v) is 22.3. The third-order valence-electron chi connectivity index (χ3n) is 8.41. The smallest absolute Gasteiger partial charge is 0.238 e.